The van der Waals surface area contributed by atoms with Gasteiger partial charge in [0.15, 0.2) is 17.2 Å². The molecule has 2 aromatic rings. The van der Waals surface area contributed by atoms with Crippen LogP contribution in [0.5, 0.6) is 17.2 Å². The molecule has 4 nitrogen and oxygen atoms in total. The lowest BCUT2D eigenvalue weighted by molar-refractivity contribution is 0.378. The van der Waals surface area contributed by atoms with Crippen molar-refractivity contribution in [2.45, 2.75) is 0 Å². The number of hydrogen-bond acceptors (Lipinski definition) is 4. The number of nitrogens with zero attached hydrogens (tertiary/aromatic N) is 1. The first-order valence-electron chi connectivity index (χ1n) is 5.45. The van der Waals surface area contributed by atoms with E-state index < -0.39 is 5.82 Å². The van der Waals surface area contributed by atoms with Crippen molar-refractivity contribution in [2.24, 2.45) is 0 Å². The molecule has 0 spiro atoms. The Morgan fingerprint density at radius 1 is 1.11 bits per heavy atom. The first kappa shape index (κ1) is 12.7. The molecule has 2 N–H and O–H groups in total. The summed E-state index contributed by atoms with van der Waals surface area (Å²) in [6.45, 7) is 0. The van der Waals surface area contributed by atoms with E-state index in [-0.39, 0.29) is 5.75 Å². The fraction of sp³-hybridized carbons (Fsp3) is 0.0714. The van der Waals surface area contributed by atoms with Crippen LogP contribution >= 0.6 is 0 Å². The van der Waals surface area contributed by atoms with Gasteiger partial charge in [-0.25, -0.2) is 4.39 Å². The Labute approximate surface area is 109 Å². The van der Waals surface area contributed by atoms with Crippen LogP contribution in [0.1, 0.15) is 5.56 Å². The third-order valence-corrected chi connectivity index (χ3v) is 2.49. The minimum Gasteiger partial charge on any atom is -0.493 e. The van der Waals surface area contributed by atoms with Gasteiger partial charge < -0.3 is 15.2 Å². The van der Waals surface area contributed by atoms with Crippen LogP contribution in [-0.2, 0) is 0 Å². The Morgan fingerprint density at radius 3 is 2.58 bits per heavy atom. The number of methoxy groups -OCH3 is 1. The van der Waals surface area contributed by atoms with Crippen LogP contribution < -0.4 is 15.2 Å². The number of benzene rings is 2. The normalized spacial score (nSPS) is 9.74. The Balaban J connectivity index is 2.38. The summed E-state index contributed by atoms with van der Waals surface area (Å²) in [5.74, 6) is 0.487. The average molecular weight is 258 g/mol. The molecule has 0 atom stereocenters. The number of nitrogen functional groups attached to an aromatic ring is 1. The van der Waals surface area contributed by atoms with E-state index >= 15 is 0 Å². The molecule has 0 bridgehead atoms. The largest absolute Gasteiger partial charge is 0.493 e. The summed E-state index contributed by atoms with van der Waals surface area (Å²) < 4.78 is 23.8. The summed E-state index contributed by atoms with van der Waals surface area (Å²) >= 11 is 0. The van der Waals surface area contributed by atoms with E-state index in [4.69, 9.17) is 20.5 Å². The van der Waals surface area contributed by atoms with Crippen molar-refractivity contribution in [3.8, 4) is 23.3 Å². The second-order valence-corrected chi connectivity index (χ2v) is 3.76. The van der Waals surface area contributed by atoms with Gasteiger partial charge in [-0.15, -0.1) is 0 Å². The lowest BCUT2D eigenvalue weighted by Crippen LogP contribution is -1.95. The van der Waals surface area contributed by atoms with Gasteiger partial charge >= 0.3 is 0 Å². The van der Waals surface area contributed by atoms with E-state index in [0.717, 1.165) is 0 Å². The molecule has 0 heterocycles. The minimum atomic E-state index is -0.447. The van der Waals surface area contributed by atoms with Gasteiger partial charge in [-0.05, 0) is 24.3 Å². The predicted molar refractivity (Wildman–Crippen MR) is 68.6 cm³/mol. The molecule has 0 saturated carbocycles. The van der Waals surface area contributed by atoms with Gasteiger partial charge in [0.25, 0.3) is 0 Å². The zero-order valence-corrected chi connectivity index (χ0v) is 10.2. The SMILES string of the molecule is COc1cc(C#N)ccc1Oc1cc(F)ccc1N. The number of ether oxygens (including phenoxy) is 2. The van der Waals surface area contributed by atoms with Crippen molar-refractivity contribution in [2.75, 3.05) is 12.8 Å². The highest BCUT2D eigenvalue weighted by atomic mass is 19.1. The van der Waals surface area contributed by atoms with Crippen LogP contribution in [0.25, 0.3) is 0 Å². The Hall–Kier alpha value is -2.74. The van der Waals surface area contributed by atoms with Crippen LogP contribution in [0.2, 0.25) is 0 Å². The van der Waals surface area contributed by atoms with E-state index in [1.54, 1.807) is 12.1 Å². The third-order valence-electron chi connectivity index (χ3n) is 2.49. The number of rotatable bonds is 3. The third kappa shape index (κ3) is 2.75. The van der Waals surface area contributed by atoms with Crippen LogP contribution in [0.4, 0.5) is 10.1 Å². The van der Waals surface area contributed by atoms with Gasteiger partial charge in [0.2, 0.25) is 0 Å². The molecular weight excluding hydrogens is 247 g/mol. The van der Waals surface area contributed by atoms with Gasteiger partial charge in [-0.2, -0.15) is 5.26 Å². The van der Waals surface area contributed by atoms with E-state index in [2.05, 4.69) is 0 Å². The Morgan fingerprint density at radius 2 is 1.89 bits per heavy atom. The molecule has 0 unspecified atom stereocenters. The van der Waals surface area contributed by atoms with Crippen LogP contribution in [0.15, 0.2) is 36.4 Å². The van der Waals surface area contributed by atoms with E-state index in [1.165, 1.54) is 31.4 Å². The lowest BCUT2D eigenvalue weighted by atomic mass is 10.2. The molecule has 0 amide bonds. The maximum atomic E-state index is 13.1. The van der Waals surface area contributed by atoms with E-state index in [0.29, 0.717) is 22.7 Å². The number of nitrogens with two attached hydrogens (primary N) is 1. The predicted octanol–water partition coefficient (Wildman–Crippen LogP) is 3.08. The van der Waals surface area contributed by atoms with Crippen molar-refractivity contribution in [1.29, 1.82) is 5.26 Å². The highest BCUT2D eigenvalue weighted by Crippen LogP contribution is 2.34. The monoisotopic (exact) mass is 258 g/mol. The summed E-state index contributed by atoms with van der Waals surface area (Å²) in [5.41, 5.74) is 6.45. The van der Waals surface area contributed by atoms with Gasteiger partial charge in [0.1, 0.15) is 5.82 Å². The highest BCUT2D eigenvalue weighted by Gasteiger charge is 2.09. The zero-order valence-electron chi connectivity index (χ0n) is 10.2. The number of anilines is 1. The van der Waals surface area contributed by atoms with E-state index in [9.17, 15) is 4.39 Å². The summed E-state index contributed by atoms with van der Waals surface area (Å²) in [5, 5.41) is 8.80. The zero-order chi connectivity index (χ0) is 13.8. The summed E-state index contributed by atoms with van der Waals surface area (Å²) in [7, 11) is 1.46. The van der Waals surface area contributed by atoms with Crippen molar-refractivity contribution in [3.63, 3.8) is 0 Å². The molecule has 0 fully saturated rings. The van der Waals surface area contributed by atoms with Gasteiger partial charge in [-0.3, -0.25) is 0 Å². The van der Waals surface area contributed by atoms with Gasteiger partial charge in [-0.1, -0.05) is 0 Å². The standard InChI is InChI=1S/C14H11FN2O2/c1-18-14-6-9(8-16)2-5-12(14)19-13-7-10(15)3-4-11(13)17/h2-7H,17H2,1H3. The van der Waals surface area contributed by atoms with Crippen molar-refractivity contribution >= 4 is 5.69 Å². The number of hydrogen-bond donors (Lipinski definition) is 1. The molecule has 0 aliphatic carbocycles. The van der Waals surface area contributed by atoms with Gasteiger partial charge in [0, 0.05) is 12.1 Å². The maximum Gasteiger partial charge on any atom is 0.169 e. The molecule has 2 aromatic carbocycles. The Kier molecular flexibility index (Phi) is 3.53. The van der Waals surface area contributed by atoms with Crippen LogP contribution in [0.3, 0.4) is 0 Å². The molecule has 19 heavy (non-hydrogen) atoms. The van der Waals surface area contributed by atoms with Crippen molar-refractivity contribution < 1.29 is 13.9 Å². The molecule has 5 heteroatoms. The molecule has 2 rings (SSSR count). The summed E-state index contributed by atoms with van der Waals surface area (Å²) in [6, 6.07) is 10.5. The molecule has 0 aromatic heterocycles. The summed E-state index contributed by atoms with van der Waals surface area (Å²) in [6.07, 6.45) is 0. The molecular formula is C14H11FN2O2. The quantitative estimate of drug-likeness (QED) is 0.859. The van der Waals surface area contributed by atoms with Gasteiger partial charge in [0.05, 0.1) is 24.4 Å². The second kappa shape index (κ2) is 5.27. The fourth-order valence-corrected chi connectivity index (χ4v) is 1.54. The number of halogens is 1. The van der Waals surface area contributed by atoms with Crippen LogP contribution in [-0.4, -0.2) is 7.11 Å². The van der Waals surface area contributed by atoms with E-state index in [1.807, 2.05) is 6.07 Å². The Bertz CT molecular complexity index is 650. The molecule has 0 aliphatic rings. The molecule has 0 saturated heterocycles. The maximum absolute atomic E-state index is 13.1. The molecule has 96 valence electrons. The van der Waals surface area contributed by atoms with Crippen LogP contribution in [0, 0.1) is 17.1 Å². The lowest BCUT2D eigenvalue weighted by Gasteiger charge is -2.12. The number of nitriles is 1. The topological polar surface area (TPSA) is 68.3 Å². The first-order chi connectivity index (χ1) is 9.13. The van der Waals surface area contributed by atoms with Crippen molar-refractivity contribution in [3.05, 3.63) is 47.8 Å². The molecule has 0 radical (unpaired) electrons. The second-order valence-electron chi connectivity index (χ2n) is 3.76. The molecule has 0 aliphatic heterocycles. The fourth-order valence-electron chi connectivity index (χ4n) is 1.54. The van der Waals surface area contributed by atoms with Crippen molar-refractivity contribution in [1.82, 2.24) is 0 Å². The summed E-state index contributed by atoms with van der Waals surface area (Å²) in [4.78, 5) is 0. The average Bonchev–Trinajstić information content (AvgIpc) is 2.43. The first-order valence-corrected chi connectivity index (χ1v) is 5.45. The minimum absolute atomic E-state index is 0.197. The highest BCUT2D eigenvalue weighted by molar-refractivity contribution is 5.56. The smallest absolute Gasteiger partial charge is 0.169 e.